The van der Waals surface area contributed by atoms with E-state index < -0.39 is 17.8 Å². The van der Waals surface area contributed by atoms with E-state index >= 15 is 0 Å². The standard InChI is InChI=1S/C34H39ClFN7O2/c1-5-34(14-8-15-40(34)4)22-45-33-38-28-21-41(29-12-7-10-24-9-6-11-27(35)30(24)29)16-13-26(28)31(39-33)42-17-18-43(32(44)23(2)36)25(20-42)19-37-3/h6-7,9-12,25H,2,5,8,13-22H2,1,4H3/t25-,34?/m0/s1. The molecule has 3 aromatic rings. The molecule has 2 saturated heterocycles. The Morgan fingerprint density at radius 1 is 1.18 bits per heavy atom. The molecule has 1 aromatic heterocycles. The molecule has 0 saturated carbocycles. The van der Waals surface area contributed by atoms with E-state index in [1.807, 2.05) is 12.1 Å². The number of hydrogen-bond acceptors (Lipinski definition) is 7. The smallest absolute Gasteiger partial charge is 0.318 e. The molecule has 6 rings (SSSR count). The Morgan fingerprint density at radius 3 is 2.69 bits per heavy atom. The number of aromatic nitrogens is 2. The summed E-state index contributed by atoms with van der Waals surface area (Å²) >= 11 is 6.71. The van der Waals surface area contributed by atoms with Gasteiger partial charge in [-0.05, 0) is 56.8 Å². The summed E-state index contributed by atoms with van der Waals surface area (Å²) in [6.45, 7) is 16.8. The predicted octanol–water partition coefficient (Wildman–Crippen LogP) is 5.52. The first-order valence-corrected chi connectivity index (χ1v) is 16.0. The van der Waals surface area contributed by atoms with Gasteiger partial charge in [-0.3, -0.25) is 9.69 Å². The van der Waals surface area contributed by atoms with Crippen molar-refractivity contribution in [3.05, 3.63) is 76.5 Å². The highest BCUT2D eigenvalue weighted by atomic mass is 35.5. The number of rotatable bonds is 8. The molecule has 1 unspecified atom stereocenters. The lowest BCUT2D eigenvalue weighted by atomic mass is 9.94. The lowest BCUT2D eigenvalue weighted by Crippen LogP contribution is -2.57. The third kappa shape index (κ3) is 5.91. The van der Waals surface area contributed by atoms with Gasteiger partial charge in [-0.2, -0.15) is 9.97 Å². The number of likely N-dealkylation sites (N-methyl/N-ethyl adjacent to an activating group) is 1. The van der Waals surface area contributed by atoms with Gasteiger partial charge in [-0.15, -0.1) is 0 Å². The molecule has 3 aliphatic rings. The van der Waals surface area contributed by atoms with E-state index in [1.165, 1.54) is 4.90 Å². The molecule has 0 bridgehead atoms. The molecule has 4 heterocycles. The van der Waals surface area contributed by atoms with E-state index in [0.717, 1.165) is 65.9 Å². The van der Waals surface area contributed by atoms with Crippen molar-refractivity contribution in [3.8, 4) is 6.01 Å². The number of hydrogen-bond donors (Lipinski definition) is 0. The Morgan fingerprint density at radius 2 is 1.98 bits per heavy atom. The van der Waals surface area contributed by atoms with Gasteiger partial charge in [0.1, 0.15) is 18.5 Å². The average Bonchev–Trinajstić information content (AvgIpc) is 3.42. The van der Waals surface area contributed by atoms with Gasteiger partial charge in [-0.25, -0.2) is 11.0 Å². The number of amides is 1. The second-order valence-electron chi connectivity index (χ2n) is 12.3. The van der Waals surface area contributed by atoms with Crippen molar-refractivity contribution < 1.29 is 13.9 Å². The normalized spacial score (nSPS) is 21.9. The van der Waals surface area contributed by atoms with Crippen LogP contribution in [0.2, 0.25) is 5.02 Å². The number of carbonyl (C=O) groups is 1. The fraction of sp³-hybridized carbons (Fsp3) is 0.471. The molecule has 1 amide bonds. The van der Waals surface area contributed by atoms with Gasteiger partial charge >= 0.3 is 6.01 Å². The van der Waals surface area contributed by atoms with E-state index in [9.17, 15) is 9.18 Å². The molecule has 0 radical (unpaired) electrons. The Balaban J connectivity index is 1.36. The van der Waals surface area contributed by atoms with E-state index in [0.29, 0.717) is 43.7 Å². The van der Waals surface area contributed by atoms with E-state index in [-0.39, 0.29) is 18.6 Å². The Kier molecular flexibility index (Phi) is 8.85. The maximum absolute atomic E-state index is 13.9. The lowest BCUT2D eigenvalue weighted by Gasteiger charge is -2.41. The number of ether oxygens (including phenoxy) is 1. The second-order valence-corrected chi connectivity index (χ2v) is 12.7. The van der Waals surface area contributed by atoms with Crippen molar-refractivity contribution in [1.82, 2.24) is 19.8 Å². The van der Waals surface area contributed by atoms with Crippen LogP contribution in [0.4, 0.5) is 15.9 Å². The van der Waals surface area contributed by atoms with Crippen molar-refractivity contribution in [2.24, 2.45) is 0 Å². The lowest BCUT2D eigenvalue weighted by molar-refractivity contribution is -0.131. The second kappa shape index (κ2) is 12.8. The number of carbonyl (C=O) groups excluding carboxylic acids is 1. The van der Waals surface area contributed by atoms with Crippen LogP contribution in [0.15, 0.2) is 48.8 Å². The zero-order valence-corrected chi connectivity index (χ0v) is 26.7. The fourth-order valence-corrected chi connectivity index (χ4v) is 7.47. The summed E-state index contributed by atoms with van der Waals surface area (Å²) in [5, 5.41) is 2.81. The Hall–Kier alpha value is -3.94. The summed E-state index contributed by atoms with van der Waals surface area (Å²) in [5.74, 6) is -1.01. The van der Waals surface area contributed by atoms with Crippen molar-refractivity contribution in [2.45, 2.75) is 50.7 Å². The highest BCUT2D eigenvalue weighted by molar-refractivity contribution is 6.36. The Bertz CT molecular complexity index is 1660. The molecule has 236 valence electrons. The van der Waals surface area contributed by atoms with Gasteiger partial charge in [0.2, 0.25) is 6.54 Å². The van der Waals surface area contributed by atoms with Crippen LogP contribution < -0.4 is 14.5 Å². The van der Waals surface area contributed by atoms with Gasteiger partial charge in [-0.1, -0.05) is 49.4 Å². The third-order valence-corrected chi connectivity index (χ3v) is 10.2. The predicted molar refractivity (Wildman–Crippen MR) is 176 cm³/mol. The maximum Gasteiger partial charge on any atom is 0.318 e. The monoisotopic (exact) mass is 631 g/mol. The SMILES string of the molecule is [C-]#[N+]C[C@H]1CN(c2nc(OCC3(CC)CCCN3C)nc3c2CCN(c2cccc4cccc(Cl)c24)C3)CCN1C(=O)C(=C)F. The van der Waals surface area contributed by atoms with E-state index in [1.54, 1.807) is 0 Å². The van der Waals surface area contributed by atoms with Crippen LogP contribution in [0.25, 0.3) is 15.6 Å². The minimum Gasteiger partial charge on any atom is -0.461 e. The van der Waals surface area contributed by atoms with Gasteiger partial charge in [0, 0.05) is 42.8 Å². The molecule has 3 aliphatic heterocycles. The van der Waals surface area contributed by atoms with Gasteiger partial charge in [0.25, 0.3) is 5.91 Å². The van der Waals surface area contributed by atoms with Crippen LogP contribution in [0.5, 0.6) is 6.01 Å². The Labute approximate surface area is 269 Å². The molecule has 45 heavy (non-hydrogen) atoms. The number of halogens is 2. The largest absolute Gasteiger partial charge is 0.461 e. The summed E-state index contributed by atoms with van der Waals surface area (Å²) in [7, 11) is 2.15. The van der Waals surface area contributed by atoms with Crippen LogP contribution in [-0.2, 0) is 17.8 Å². The third-order valence-electron chi connectivity index (χ3n) is 9.85. The highest BCUT2D eigenvalue weighted by Gasteiger charge is 2.39. The number of fused-ring (bicyclic) bond motifs is 2. The van der Waals surface area contributed by atoms with Crippen molar-refractivity contribution >= 4 is 39.8 Å². The first kappa shape index (κ1) is 31.1. The summed E-state index contributed by atoms with van der Waals surface area (Å²) in [5.41, 5.74) is 2.91. The average molecular weight is 632 g/mol. The minimum atomic E-state index is -1.01. The summed E-state index contributed by atoms with van der Waals surface area (Å²) < 4.78 is 20.3. The summed E-state index contributed by atoms with van der Waals surface area (Å²) in [6, 6.07) is 12.0. The van der Waals surface area contributed by atoms with Gasteiger partial charge in [0.05, 0.1) is 22.8 Å². The zero-order chi connectivity index (χ0) is 31.7. The molecule has 0 aliphatic carbocycles. The van der Waals surface area contributed by atoms with Crippen molar-refractivity contribution in [2.75, 3.05) is 62.7 Å². The zero-order valence-electron chi connectivity index (χ0n) is 25.9. The van der Waals surface area contributed by atoms with Crippen molar-refractivity contribution in [3.63, 3.8) is 0 Å². The number of piperazine rings is 1. The van der Waals surface area contributed by atoms with E-state index in [2.05, 4.69) is 64.4 Å². The number of likely N-dealkylation sites (tertiary alicyclic amines) is 1. The molecule has 2 fully saturated rings. The molecule has 2 aromatic carbocycles. The van der Waals surface area contributed by atoms with Crippen molar-refractivity contribution in [1.29, 1.82) is 0 Å². The van der Waals surface area contributed by atoms with Crippen LogP contribution in [0, 0.1) is 6.57 Å². The molecule has 11 heteroatoms. The highest BCUT2D eigenvalue weighted by Crippen LogP contribution is 2.38. The topological polar surface area (TPSA) is 69.4 Å². The number of benzene rings is 2. The van der Waals surface area contributed by atoms with Gasteiger partial charge < -0.3 is 24.3 Å². The molecule has 0 N–H and O–H groups in total. The summed E-state index contributed by atoms with van der Waals surface area (Å²) in [4.78, 5) is 34.3. The summed E-state index contributed by atoms with van der Waals surface area (Å²) in [6.07, 6.45) is 3.84. The first-order valence-electron chi connectivity index (χ1n) is 15.6. The fourth-order valence-electron chi connectivity index (χ4n) is 7.20. The van der Waals surface area contributed by atoms with Crippen LogP contribution in [0.3, 0.4) is 0 Å². The van der Waals surface area contributed by atoms with Crippen LogP contribution >= 0.6 is 11.6 Å². The number of anilines is 2. The molecule has 2 atom stereocenters. The van der Waals surface area contributed by atoms with Crippen LogP contribution in [0.1, 0.15) is 37.4 Å². The molecule has 9 nitrogen and oxygen atoms in total. The molecular formula is C34H39ClFN7O2. The quantitative estimate of drug-likeness (QED) is 0.240. The van der Waals surface area contributed by atoms with Crippen LogP contribution in [-0.4, -0.2) is 90.2 Å². The first-order chi connectivity index (χ1) is 21.7. The molecular weight excluding hydrogens is 593 g/mol. The number of nitrogens with zero attached hydrogens (tertiary/aromatic N) is 7. The molecule has 0 spiro atoms. The van der Waals surface area contributed by atoms with Gasteiger partial charge in [0.15, 0.2) is 5.83 Å². The van der Waals surface area contributed by atoms with E-state index in [4.69, 9.17) is 32.9 Å². The minimum absolute atomic E-state index is 0.0626. The maximum atomic E-state index is 13.9.